The third-order valence-electron chi connectivity index (χ3n) is 2.75. The van der Waals surface area contributed by atoms with Gasteiger partial charge in [0.15, 0.2) is 0 Å². The first-order valence-electron chi connectivity index (χ1n) is 5.31. The lowest BCUT2D eigenvalue weighted by atomic mass is 9.84. The van der Waals surface area contributed by atoms with Crippen molar-refractivity contribution in [2.75, 3.05) is 0 Å². The molecule has 15 heavy (non-hydrogen) atoms. The van der Waals surface area contributed by atoms with Crippen molar-refractivity contribution in [2.45, 2.75) is 39.0 Å². The molecule has 0 heterocycles. The van der Waals surface area contributed by atoms with Gasteiger partial charge in [0.1, 0.15) is 0 Å². The first kappa shape index (κ1) is 11.8. The average molecular weight is 206 g/mol. The molecule has 0 spiro atoms. The molecule has 1 aromatic rings. The minimum Gasteiger partial charge on any atom is -0.481 e. The van der Waals surface area contributed by atoms with Gasteiger partial charge in [-0.05, 0) is 31.4 Å². The van der Waals surface area contributed by atoms with Crippen molar-refractivity contribution in [1.29, 1.82) is 0 Å². The number of hydrogen-bond acceptors (Lipinski definition) is 1. The van der Waals surface area contributed by atoms with Crippen molar-refractivity contribution in [3.05, 3.63) is 35.4 Å². The maximum Gasteiger partial charge on any atom is 0.313 e. The Bertz CT molecular complexity index is 336. The van der Waals surface area contributed by atoms with Crippen LogP contribution >= 0.6 is 0 Å². The summed E-state index contributed by atoms with van der Waals surface area (Å²) in [5.74, 6) is -0.786. The Kier molecular flexibility index (Phi) is 3.51. The molecule has 0 saturated heterocycles. The van der Waals surface area contributed by atoms with E-state index < -0.39 is 11.4 Å². The van der Waals surface area contributed by atoms with Crippen molar-refractivity contribution >= 4 is 5.97 Å². The van der Waals surface area contributed by atoms with Gasteiger partial charge in [-0.2, -0.15) is 0 Å². The van der Waals surface area contributed by atoms with Crippen LogP contribution in [0, 0.1) is 0 Å². The fraction of sp³-hybridized carbons (Fsp3) is 0.462. The summed E-state index contributed by atoms with van der Waals surface area (Å²) in [5.41, 5.74) is 1.32. The van der Waals surface area contributed by atoms with Crippen LogP contribution in [-0.4, -0.2) is 11.1 Å². The van der Waals surface area contributed by atoms with Crippen molar-refractivity contribution in [3.63, 3.8) is 0 Å². The van der Waals surface area contributed by atoms with Gasteiger partial charge >= 0.3 is 5.97 Å². The molecule has 2 nitrogen and oxygen atoms in total. The molecule has 1 rings (SSSR count). The van der Waals surface area contributed by atoms with Gasteiger partial charge in [-0.1, -0.05) is 37.6 Å². The summed E-state index contributed by atoms with van der Waals surface area (Å²) in [6.07, 6.45) is 2.16. The van der Waals surface area contributed by atoms with E-state index in [-0.39, 0.29) is 0 Å². The number of carboxylic acids is 1. The minimum absolute atomic E-state index is 0.786. The smallest absolute Gasteiger partial charge is 0.313 e. The highest BCUT2D eigenvalue weighted by Crippen LogP contribution is 2.23. The number of carbonyl (C=O) groups is 1. The Hall–Kier alpha value is -1.31. The Morgan fingerprint density at radius 1 is 1.27 bits per heavy atom. The zero-order chi connectivity index (χ0) is 11.5. The molecule has 0 aromatic heterocycles. The van der Waals surface area contributed by atoms with Crippen LogP contribution in [0.4, 0.5) is 0 Å². The highest BCUT2D eigenvalue weighted by molar-refractivity contribution is 5.80. The topological polar surface area (TPSA) is 37.3 Å². The van der Waals surface area contributed by atoms with Crippen LogP contribution in [0.15, 0.2) is 24.3 Å². The number of hydrogen-bond donors (Lipinski definition) is 1. The van der Waals surface area contributed by atoms with Crippen LogP contribution in [-0.2, 0) is 16.6 Å². The number of benzene rings is 1. The van der Waals surface area contributed by atoms with E-state index in [0.717, 1.165) is 18.4 Å². The number of aryl methyl sites for hydroxylation is 1. The Morgan fingerprint density at radius 2 is 1.80 bits per heavy atom. The second-order valence-corrected chi connectivity index (χ2v) is 4.38. The third kappa shape index (κ3) is 2.58. The van der Waals surface area contributed by atoms with Gasteiger partial charge < -0.3 is 5.11 Å². The van der Waals surface area contributed by atoms with Crippen molar-refractivity contribution in [2.24, 2.45) is 0 Å². The van der Waals surface area contributed by atoms with Gasteiger partial charge in [0.05, 0.1) is 5.41 Å². The molecule has 0 saturated carbocycles. The average Bonchev–Trinajstić information content (AvgIpc) is 2.19. The molecule has 0 aliphatic carbocycles. The summed E-state index contributed by atoms with van der Waals surface area (Å²) in [6, 6.07) is 7.87. The van der Waals surface area contributed by atoms with E-state index in [1.54, 1.807) is 13.8 Å². The first-order valence-corrected chi connectivity index (χ1v) is 5.31. The quantitative estimate of drug-likeness (QED) is 0.822. The molecule has 0 aliphatic heterocycles. The lowest BCUT2D eigenvalue weighted by molar-refractivity contribution is -0.142. The summed E-state index contributed by atoms with van der Waals surface area (Å²) >= 11 is 0. The highest BCUT2D eigenvalue weighted by atomic mass is 16.4. The van der Waals surface area contributed by atoms with Crippen LogP contribution in [0.5, 0.6) is 0 Å². The second kappa shape index (κ2) is 4.47. The molecule has 0 bridgehead atoms. The summed E-state index contributed by atoms with van der Waals surface area (Å²) in [5, 5.41) is 9.07. The highest BCUT2D eigenvalue weighted by Gasteiger charge is 2.28. The number of aliphatic carboxylic acids is 1. The maximum absolute atomic E-state index is 11.0. The summed E-state index contributed by atoms with van der Waals surface area (Å²) in [7, 11) is 0. The Labute approximate surface area is 90.9 Å². The van der Waals surface area contributed by atoms with Crippen LogP contribution in [0.25, 0.3) is 0 Å². The van der Waals surface area contributed by atoms with Gasteiger partial charge in [0.2, 0.25) is 0 Å². The summed E-state index contributed by atoms with van der Waals surface area (Å²) in [6.45, 7) is 5.59. The predicted molar refractivity (Wildman–Crippen MR) is 61.1 cm³/mol. The SMILES string of the molecule is CCCc1ccc(C(C)(C)C(=O)O)cc1. The molecule has 1 aromatic carbocycles. The maximum atomic E-state index is 11.0. The normalized spacial score (nSPS) is 11.4. The molecule has 0 fully saturated rings. The standard InChI is InChI=1S/C13H18O2/c1-4-5-10-6-8-11(9-7-10)13(2,3)12(14)15/h6-9H,4-5H2,1-3H3,(H,14,15). The Balaban J connectivity index is 2.93. The molecule has 2 heteroatoms. The summed E-state index contributed by atoms with van der Waals surface area (Å²) in [4.78, 5) is 11.0. The van der Waals surface area contributed by atoms with Crippen molar-refractivity contribution < 1.29 is 9.90 Å². The monoisotopic (exact) mass is 206 g/mol. The van der Waals surface area contributed by atoms with E-state index in [1.165, 1.54) is 5.56 Å². The van der Waals surface area contributed by atoms with E-state index in [9.17, 15) is 4.79 Å². The van der Waals surface area contributed by atoms with Crippen LogP contribution in [0.2, 0.25) is 0 Å². The predicted octanol–water partition coefficient (Wildman–Crippen LogP) is 3.00. The molecular weight excluding hydrogens is 188 g/mol. The lowest BCUT2D eigenvalue weighted by Gasteiger charge is -2.19. The van der Waals surface area contributed by atoms with Gasteiger partial charge in [-0.3, -0.25) is 4.79 Å². The summed E-state index contributed by atoms with van der Waals surface area (Å²) < 4.78 is 0. The van der Waals surface area contributed by atoms with Crippen molar-refractivity contribution in [1.82, 2.24) is 0 Å². The largest absolute Gasteiger partial charge is 0.481 e. The van der Waals surface area contributed by atoms with E-state index in [1.807, 2.05) is 24.3 Å². The number of carboxylic acid groups (broad SMARTS) is 1. The van der Waals surface area contributed by atoms with E-state index in [4.69, 9.17) is 5.11 Å². The van der Waals surface area contributed by atoms with Gasteiger partial charge in [-0.25, -0.2) is 0 Å². The van der Waals surface area contributed by atoms with Gasteiger partial charge in [-0.15, -0.1) is 0 Å². The molecule has 1 N–H and O–H groups in total. The second-order valence-electron chi connectivity index (χ2n) is 4.38. The zero-order valence-electron chi connectivity index (χ0n) is 9.58. The first-order chi connectivity index (χ1) is 6.98. The van der Waals surface area contributed by atoms with Crippen molar-refractivity contribution in [3.8, 4) is 0 Å². The molecule has 0 radical (unpaired) electrons. The minimum atomic E-state index is -0.801. The molecule has 82 valence electrons. The van der Waals surface area contributed by atoms with E-state index >= 15 is 0 Å². The molecule has 0 aliphatic rings. The number of rotatable bonds is 4. The Morgan fingerprint density at radius 3 is 2.20 bits per heavy atom. The molecule has 0 unspecified atom stereocenters. The van der Waals surface area contributed by atoms with Gasteiger partial charge in [0.25, 0.3) is 0 Å². The van der Waals surface area contributed by atoms with Crippen LogP contribution < -0.4 is 0 Å². The molecular formula is C13H18O2. The van der Waals surface area contributed by atoms with E-state index in [2.05, 4.69) is 6.92 Å². The molecule has 0 atom stereocenters. The fourth-order valence-corrected chi connectivity index (χ4v) is 1.50. The zero-order valence-corrected chi connectivity index (χ0v) is 9.58. The van der Waals surface area contributed by atoms with E-state index in [0.29, 0.717) is 0 Å². The fourth-order valence-electron chi connectivity index (χ4n) is 1.50. The lowest BCUT2D eigenvalue weighted by Crippen LogP contribution is -2.28. The molecule has 0 amide bonds. The van der Waals surface area contributed by atoms with Crippen LogP contribution in [0.1, 0.15) is 38.3 Å². The van der Waals surface area contributed by atoms with Crippen LogP contribution in [0.3, 0.4) is 0 Å². The third-order valence-corrected chi connectivity index (χ3v) is 2.75. The van der Waals surface area contributed by atoms with Gasteiger partial charge in [0, 0.05) is 0 Å².